The molecule has 5 rings (SSSR count). The third kappa shape index (κ3) is 4.21. The van der Waals surface area contributed by atoms with E-state index in [-0.39, 0.29) is 22.4 Å². The highest BCUT2D eigenvalue weighted by Crippen LogP contribution is 2.61. The second kappa shape index (κ2) is 10.7. The maximum Gasteiger partial charge on any atom is 0.237 e. The van der Waals surface area contributed by atoms with E-state index in [9.17, 15) is 9.59 Å². The topological polar surface area (TPSA) is 82.7 Å². The molecule has 3 aliphatic heterocycles. The molecule has 10 heteroatoms. The van der Waals surface area contributed by atoms with E-state index < -0.39 is 28.7 Å². The summed E-state index contributed by atoms with van der Waals surface area (Å²) in [4.78, 5) is 30.3. The van der Waals surface area contributed by atoms with Gasteiger partial charge in [0.05, 0.1) is 24.3 Å². The summed E-state index contributed by atoms with van der Waals surface area (Å²) in [6.45, 7) is 8.05. The number of morpholine rings is 1. The lowest BCUT2D eigenvalue weighted by atomic mass is 9.57. The van der Waals surface area contributed by atoms with Gasteiger partial charge in [0.25, 0.3) is 0 Å². The van der Waals surface area contributed by atoms with Crippen molar-refractivity contribution in [2.24, 2.45) is 0 Å². The number of fused-ring (bicyclic) bond motifs is 2. The van der Waals surface area contributed by atoms with Gasteiger partial charge in [-0.2, -0.15) is 0 Å². The molecule has 3 atom stereocenters. The van der Waals surface area contributed by atoms with Crippen LogP contribution in [0.1, 0.15) is 43.7 Å². The number of nitrogens with zero attached hydrogens (tertiary/aromatic N) is 1. The number of benzene rings is 2. The molecule has 204 valence electrons. The van der Waals surface area contributed by atoms with Gasteiger partial charge in [-0.3, -0.25) is 19.8 Å². The molecule has 38 heavy (non-hydrogen) atoms. The van der Waals surface area contributed by atoms with E-state index in [1.54, 1.807) is 24.3 Å². The summed E-state index contributed by atoms with van der Waals surface area (Å²) in [6, 6.07) is 9.16. The fourth-order valence-corrected chi connectivity index (χ4v) is 7.16. The van der Waals surface area contributed by atoms with Crippen molar-refractivity contribution in [1.82, 2.24) is 15.5 Å². The van der Waals surface area contributed by atoms with Crippen molar-refractivity contribution in [2.45, 2.75) is 49.6 Å². The van der Waals surface area contributed by atoms with Crippen LogP contribution in [0.15, 0.2) is 36.4 Å². The standard InChI is InChI=1S/C28H33Cl2FN4O3/c1-3-27(4-2)28(19-9-8-17(29)16-21(19)33-26(28)37)22(18-6-5-7-20(30)23(18)31)24(34-27)25(36)32-10-11-35-12-14-38-15-13-35/h5-9,16,22,24,34H,3-4,10-15H2,1-2H3,(H,32,36)(H,33,37). The average Bonchev–Trinajstić information content (AvgIpc) is 3.38. The molecule has 0 radical (unpaired) electrons. The zero-order valence-electron chi connectivity index (χ0n) is 21.6. The van der Waals surface area contributed by atoms with Gasteiger partial charge in [0, 0.05) is 48.3 Å². The quantitative estimate of drug-likeness (QED) is 0.473. The molecular weight excluding hydrogens is 530 g/mol. The van der Waals surface area contributed by atoms with Gasteiger partial charge in [0.2, 0.25) is 11.8 Å². The number of hydrogen-bond acceptors (Lipinski definition) is 5. The second-order valence-corrected chi connectivity index (χ2v) is 11.1. The Kier molecular flexibility index (Phi) is 7.73. The van der Waals surface area contributed by atoms with Gasteiger partial charge < -0.3 is 15.4 Å². The summed E-state index contributed by atoms with van der Waals surface area (Å²) in [6.07, 6.45) is 1.07. The Bertz CT molecular complexity index is 1230. The molecule has 2 saturated heterocycles. The van der Waals surface area contributed by atoms with E-state index in [1.165, 1.54) is 6.07 Å². The minimum absolute atomic E-state index is 0.0515. The highest BCUT2D eigenvalue weighted by atomic mass is 35.5. The minimum atomic E-state index is -1.27. The number of hydrogen-bond donors (Lipinski definition) is 3. The van der Waals surface area contributed by atoms with Gasteiger partial charge in [-0.15, -0.1) is 0 Å². The van der Waals surface area contributed by atoms with Crippen LogP contribution in [0, 0.1) is 5.82 Å². The molecule has 0 bridgehead atoms. The number of anilines is 1. The highest BCUT2D eigenvalue weighted by molar-refractivity contribution is 6.31. The Labute approximate surface area is 232 Å². The molecule has 7 nitrogen and oxygen atoms in total. The number of amides is 2. The number of halogens is 3. The fourth-order valence-electron chi connectivity index (χ4n) is 6.81. The van der Waals surface area contributed by atoms with Crippen molar-refractivity contribution in [3.05, 3.63) is 63.4 Å². The van der Waals surface area contributed by atoms with Crippen LogP contribution in [0.2, 0.25) is 10.0 Å². The molecule has 2 fully saturated rings. The van der Waals surface area contributed by atoms with Gasteiger partial charge in [-0.25, -0.2) is 4.39 Å². The summed E-state index contributed by atoms with van der Waals surface area (Å²) in [5.74, 6) is -2.03. The number of nitrogens with one attached hydrogen (secondary N) is 3. The minimum Gasteiger partial charge on any atom is -0.379 e. The number of carbonyl (C=O) groups is 2. The summed E-state index contributed by atoms with van der Waals surface area (Å²) in [5, 5.41) is 10.0. The zero-order chi connectivity index (χ0) is 27.1. The highest BCUT2D eigenvalue weighted by Gasteiger charge is 2.71. The molecule has 0 saturated carbocycles. The van der Waals surface area contributed by atoms with E-state index in [1.807, 2.05) is 19.9 Å². The molecular formula is C28H33Cl2FN4O3. The third-order valence-electron chi connectivity index (χ3n) is 8.64. The van der Waals surface area contributed by atoms with Gasteiger partial charge in [0.1, 0.15) is 11.2 Å². The fraction of sp³-hybridized carbons (Fsp3) is 0.500. The number of ether oxygens (including phenoxy) is 1. The Balaban J connectivity index is 1.61. The number of rotatable bonds is 7. The molecule has 0 aromatic heterocycles. The Morgan fingerprint density at radius 3 is 2.63 bits per heavy atom. The zero-order valence-corrected chi connectivity index (χ0v) is 23.1. The van der Waals surface area contributed by atoms with Crippen LogP contribution in [-0.2, 0) is 19.7 Å². The molecule has 2 amide bonds. The van der Waals surface area contributed by atoms with Crippen LogP contribution in [-0.4, -0.2) is 67.7 Å². The number of carbonyl (C=O) groups excluding carboxylic acids is 2. The average molecular weight is 564 g/mol. The first kappa shape index (κ1) is 27.3. The maximum atomic E-state index is 15.8. The first-order valence-electron chi connectivity index (χ1n) is 13.2. The Morgan fingerprint density at radius 2 is 1.92 bits per heavy atom. The van der Waals surface area contributed by atoms with E-state index >= 15 is 4.39 Å². The lowest BCUT2D eigenvalue weighted by molar-refractivity contribution is -0.124. The van der Waals surface area contributed by atoms with Crippen molar-refractivity contribution in [1.29, 1.82) is 0 Å². The van der Waals surface area contributed by atoms with E-state index in [2.05, 4.69) is 20.9 Å². The molecule has 3 heterocycles. The largest absolute Gasteiger partial charge is 0.379 e. The van der Waals surface area contributed by atoms with Crippen molar-refractivity contribution < 1.29 is 18.7 Å². The van der Waals surface area contributed by atoms with Crippen LogP contribution in [0.4, 0.5) is 10.1 Å². The predicted molar refractivity (Wildman–Crippen MR) is 146 cm³/mol. The van der Waals surface area contributed by atoms with Crippen LogP contribution in [0.25, 0.3) is 0 Å². The van der Waals surface area contributed by atoms with Crippen LogP contribution in [0.5, 0.6) is 0 Å². The van der Waals surface area contributed by atoms with E-state index in [4.69, 9.17) is 27.9 Å². The molecule has 2 aromatic rings. The van der Waals surface area contributed by atoms with Crippen molar-refractivity contribution in [3.63, 3.8) is 0 Å². The molecule has 0 aliphatic carbocycles. The predicted octanol–water partition coefficient (Wildman–Crippen LogP) is 4.09. The van der Waals surface area contributed by atoms with Crippen LogP contribution < -0.4 is 16.0 Å². The normalized spacial score (nSPS) is 26.4. The third-order valence-corrected chi connectivity index (χ3v) is 9.16. The van der Waals surface area contributed by atoms with Gasteiger partial charge >= 0.3 is 0 Å². The van der Waals surface area contributed by atoms with E-state index in [0.29, 0.717) is 55.4 Å². The first-order chi connectivity index (χ1) is 18.3. The summed E-state index contributed by atoms with van der Waals surface area (Å²) in [5.41, 5.74) is -0.580. The Morgan fingerprint density at radius 1 is 1.18 bits per heavy atom. The lowest BCUT2D eigenvalue weighted by Crippen LogP contribution is -2.59. The molecule has 3 N–H and O–H groups in total. The summed E-state index contributed by atoms with van der Waals surface area (Å²) >= 11 is 12.5. The summed E-state index contributed by atoms with van der Waals surface area (Å²) < 4.78 is 21.2. The first-order valence-corrected chi connectivity index (χ1v) is 14.0. The van der Waals surface area contributed by atoms with Crippen molar-refractivity contribution in [3.8, 4) is 0 Å². The van der Waals surface area contributed by atoms with E-state index in [0.717, 1.165) is 13.1 Å². The molecule has 2 aromatic carbocycles. The maximum absolute atomic E-state index is 15.8. The molecule has 1 spiro atoms. The molecule has 3 aliphatic rings. The van der Waals surface area contributed by atoms with Gasteiger partial charge in [-0.05, 0) is 42.2 Å². The second-order valence-electron chi connectivity index (χ2n) is 10.2. The Hall–Kier alpha value is -2.23. The van der Waals surface area contributed by atoms with Crippen molar-refractivity contribution in [2.75, 3.05) is 44.7 Å². The monoisotopic (exact) mass is 562 g/mol. The SMILES string of the molecule is CCC1(CC)NC(C(=O)NCCN2CCOCC2)C(c2cccc(Cl)c2F)C12C(=O)Nc1cc(Cl)ccc12. The lowest BCUT2D eigenvalue weighted by Gasteiger charge is -2.44. The summed E-state index contributed by atoms with van der Waals surface area (Å²) in [7, 11) is 0. The van der Waals surface area contributed by atoms with Crippen LogP contribution in [0.3, 0.4) is 0 Å². The van der Waals surface area contributed by atoms with Gasteiger partial charge in [0.15, 0.2) is 0 Å². The molecule has 3 unspecified atom stereocenters. The van der Waals surface area contributed by atoms with Gasteiger partial charge in [-0.1, -0.05) is 55.2 Å². The smallest absolute Gasteiger partial charge is 0.237 e. The van der Waals surface area contributed by atoms with Crippen LogP contribution >= 0.6 is 23.2 Å². The van der Waals surface area contributed by atoms with Crippen molar-refractivity contribution >= 4 is 40.7 Å².